The SMILES string of the molecule is CCOc1ccc(N2CC=C[C@]3(C)O[C@]45C=CCN(c6c(C)cccc6Cl)C(=O)C4N([C@@H](CO)C(C)C)C(=O)[C@@H]5[C@@H]3C2=O)cc1. The minimum Gasteiger partial charge on any atom is -0.494 e. The van der Waals surface area contributed by atoms with Crippen molar-refractivity contribution in [2.75, 3.05) is 36.1 Å². The zero-order valence-corrected chi connectivity index (χ0v) is 27.0. The van der Waals surface area contributed by atoms with E-state index in [0.29, 0.717) is 35.3 Å². The van der Waals surface area contributed by atoms with Crippen LogP contribution in [0.3, 0.4) is 0 Å². The number of likely N-dealkylation sites (tertiary alicyclic amines) is 1. The van der Waals surface area contributed by atoms with Gasteiger partial charge in [0.05, 0.1) is 47.4 Å². The molecule has 2 aromatic rings. The van der Waals surface area contributed by atoms with Gasteiger partial charge in [-0.3, -0.25) is 14.4 Å². The molecule has 0 aromatic heterocycles. The predicted molar refractivity (Wildman–Crippen MR) is 172 cm³/mol. The monoisotopic (exact) mass is 633 g/mol. The molecule has 238 valence electrons. The second-order valence-corrected chi connectivity index (χ2v) is 13.2. The summed E-state index contributed by atoms with van der Waals surface area (Å²) in [7, 11) is 0. The van der Waals surface area contributed by atoms with Crippen molar-refractivity contribution in [1.82, 2.24) is 4.90 Å². The molecule has 0 bridgehead atoms. The number of amides is 3. The maximum absolute atomic E-state index is 14.8. The molecule has 4 aliphatic rings. The topological polar surface area (TPSA) is 99.6 Å². The van der Waals surface area contributed by atoms with Crippen LogP contribution in [0.4, 0.5) is 11.4 Å². The lowest BCUT2D eigenvalue weighted by Crippen LogP contribution is -2.59. The molecule has 0 saturated carbocycles. The number of nitrogens with zero attached hydrogens (tertiary/aromatic N) is 3. The summed E-state index contributed by atoms with van der Waals surface area (Å²) < 4.78 is 12.6. The molecule has 1 unspecified atom stereocenters. The molecule has 0 radical (unpaired) electrons. The number of aliphatic hydroxyl groups excluding tert-OH is 1. The molecule has 4 heterocycles. The van der Waals surface area contributed by atoms with Gasteiger partial charge in [0.25, 0.3) is 5.91 Å². The van der Waals surface area contributed by atoms with E-state index in [9.17, 15) is 19.5 Å². The van der Waals surface area contributed by atoms with Crippen LogP contribution < -0.4 is 14.5 Å². The number of anilines is 2. The Morgan fingerprint density at radius 2 is 1.67 bits per heavy atom. The van der Waals surface area contributed by atoms with Gasteiger partial charge in [0.2, 0.25) is 11.8 Å². The third-order valence-electron chi connectivity index (χ3n) is 9.73. The normalized spacial score (nSPS) is 29.9. The lowest BCUT2D eigenvalue weighted by molar-refractivity contribution is -0.149. The summed E-state index contributed by atoms with van der Waals surface area (Å²) in [5.74, 6) is -2.44. The van der Waals surface area contributed by atoms with E-state index in [-0.39, 0.29) is 36.8 Å². The van der Waals surface area contributed by atoms with E-state index in [4.69, 9.17) is 21.1 Å². The molecule has 1 N–H and O–H groups in total. The number of rotatable bonds is 7. The van der Waals surface area contributed by atoms with Crippen LogP contribution in [-0.4, -0.2) is 77.3 Å². The summed E-state index contributed by atoms with van der Waals surface area (Å²) >= 11 is 6.66. The highest BCUT2D eigenvalue weighted by molar-refractivity contribution is 6.34. The minimum absolute atomic E-state index is 0.179. The van der Waals surface area contributed by atoms with E-state index in [2.05, 4.69) is 0 Å². The molecule has 6 atom stereocenters. The molecule has 1 spiro atoms. The number of hydrogen-bond acceptors (Lipinski definition) is 6. The van der Waals surface area contributed by atoms with Gasteiger partial charge in [-0.05, 0) is 62.6 Å². The van der Waals surface area contributed by atoms with Gasteiger partial charge in [0.1, 0.15) is 17.4 Å². The molecule has 9 nitrogen and oxygen atoms in total. The Labute approximate surface area is 269 Å². The lowest BCUT2D eigenvalue weighted by atomic mass is 9.74. The van der Waals surface area contributed by atoms with Crippen LogP contribution in [0.2, 0.25) is 5.02 Å². The maximum atomic E-state index is 14.8. The van der Waals surface area contributed by atoms with Gasteiger partial charge in [-0.15, -0.1) is 0 Å². The summed E-state index contributed by atoms with van der Waals surface area (Å²) in [6.07, 6.45) is 7.38. The van der Waals surface area contributed by atoms with Crippen LogP contribution in [0.1, 0.15) is 33.3 Å². The van der Waals surface area contributed by atoms with Crippen LogP contribution in [0.25, 0.3) is 0 Å². The Hall–Kier alpha value is -3.66. The first-order valence-electron chi connectivity index (χ1n) is 15.6. The van der Waals surface area contributed by atoms with E-state index < -0.39 is 35.1 Å². The number of benzene rings is 2. The van der Waals surface area contributed by atoms with Crippen molar-refractivity contribution in [2.45, 2.75) is 57.9 Å². The summed E-state index contributed by atoms with van der Waals surface area (Å²) in [6.45, 7) is 10.1. The number of halogens is 1. The predicted octanol–water partition coefficient (Wildman–Crippen LogP) is 4.54. The highest BCUT2D eigenvalue weighted by Crippen LogP contribution is 2.58. The number of ether oxygens (including phenoxy) is 2. The van der Waals surface area contributed by atoms with Crippen molar-refractivity contribution < 1.29 is 29.0 Å². The largest absolute Gasteiger partial charge is 0.494 e. The van der Waals surface area contributed by atoms with Gasteiger partial charge in [0, 0.05) is 18.8 Å². The fourth-order valence-electron chi connectivity index (χ4n) is 7.73. The second-order valence-electron chi connectivity index (χ2n) is 12.8. The Bertz CT molecular complexity index is 1550. The number of aliphatic hydroxyl groups is 1. The van der Waals surface area contributed by atoms with E-state index in [1.807, 2.05) is 89.2 Å². The number of aryl methyl sites for hydroxylation is 1. The van der Waals surface area contributed by atoms with E-state index in [1.54, 1.807) is 21.9 Å². The number of hydrogen-bond donors (Lipinski definition) is 1. The Kier molecular flexibility index (Phi) is 8.08. The van der Waals surface area contributed by atoms with E-state index >= 15 is 0 Å². The van der Waals surface area contributed by atoms with E-state index in [1.165, 1.54) is 4.90 Å². The van der Waals surface area contributed by atoms with Crippen molar-refractivity contribution in [3.05, 3.63) is 77.4 Å². The van der Waals surface area contributed by atoms with Crippen LogP contribution in [0.5, 0.6) is 5.75 Å². The van der Waals surface area contributed by atoms with Gasteiger partial charge >= 0.3 is 0 Å². The Morgan fingerprint density at radius 3 is 2.31 bits per heavy atom. The third kappa shape index (κ3) is 4.78. The van der Waals surface area contributed by atoms with Crippen molar-refractivity contribution in [1.29, 1.82) is 0 Å². The van der Waals surface area contributed by atoms with Crippen LogP contribution >= 0.6 is 11.6 Å². The molecule has 2 saturated heterocycles. The molecule has 10 heteroatoms. The molecule has 2 aromatic carbocycles. The molecule has 4 aliphatic heterocycles. The molecule has 45 heavy (non-hydrogen) atoms. The third-order valence-corrected chi connectivity index (χ3v) is 10.0. The van der Waals surface area contributed by atoms with Crippen LogP contribution in [0.15, 0.2) is 66.8 Å². The second kappa shape index (κ2) is 11.6. The first-order valence-corrected chi connectivity index (χ1v) is 16.0. The van der Waals surface area contributed by atoms with Crippen LogP contribution in [0, 0.1) is 24.7 Å². The fraction of sp³-hybridized carbons (Fsp3) is 0.457. The first-order chi connectivity index (χ1) is 21.5. The standard InChI is InChI=1S/C35H40ClN3O6/c1-6-44-24-14-12-23(13-15-24)37-18-8-16-34(5)27(31(37)41)28-32(42)39(26(20-40)21(2)3)30-33(43)38(19-9-17-35(28,30)45-34)29-22(4)10-7-11-25(29)36/h7-17,21,26-28,30,40H,6,18-20H2,1-5H3/t26-,27+,28-,30?,34-,35-/m0/s1. The number of carbonyl (C=O) groups is 3. The number of carbonyl (C=O) groups excluding carboxylic acids is 3. The lowest BCUT2D eigenvalue weighted by Gasteiger charge is -2.41. The minimum atomic E-state index is -1.46. The number of fused-ring (bicyclic) bond motifs is 2. The Morgan fingerprint density at radius 1 is 0.978 bits per heavy atom. The van der Waals surface area contributed by atoms with Crippen LogP contribution in [-0.2, 0) is 19.1 Å². The zero-order valence-electron chi connectivity index (χ0n) is 26.3. The molecular weight excluding hydrogens is 594 g/mol. The smallest absolute Gasteiger partial charge is 0.253 e. The van der Waals surface area contributed by atoms with Gasteiger partial charge in [-0.25, -0.2) is 0 Å². The van der Waals surface area contributed by atoms with Gasteiger partial charge in [-0.1, -0.05) is 61.9 Å². The fourth-order valence-corrected chi connectivity index (χ4v) is 8.05. The molecule has 6 rings (SSSR count). The highest BCUT2D eigenvalue weighted by Gasteiger charge is 2.75. The average Bonchev–Trinajstić information content (AvgIpc) is 3.26. The summed E-state index contributed by atoms with van der Waals surface area (Å²) in [6, 6.07) is 10.9. The number of para-hydroxylation sites is 1. The van der Waals surface area contributed by atoms with Gasteiger partial charge in [0.15, 0.2) is 0 Å². The maximum Gasteiger partial charge on any atom is 0.253 e. The van der Waals surface area contributed by atoms with Crippen molar-refractivity contribution >= 4 is 40.7 Å². The quantitative estimate of drug-likeness (QED) is 0.450. The van der Waals surface area contributed by atoms with Gasteiger partial charge < -0.3 is 29.3 Å². The zero-order chi connectivity index (χ0) is 32.3. The van der Waals surface area contributed by atoms with Crippen molar-refractivity contribution in [3.8, 4) is 5.75 Å². The average molecular weight is 634 g/mol. The Balaban J connectivity index is 1.49. The summed E-state index contributed by atoms with van der Waals surface area (Å²) in [4.78, 5) is 49.0. The first kappa shape index (κ1) is 31.3. The summed E-state index contributed by atoms with van der Waals surface area (Å²) in [5, 5.41) is 11.0. The molecule has 3 amide bonds. The van der Waals surface area contributed by atoms with Crippen molar-refractivity contribution in [2.24, 2.45) is 17.8 Å². The summed E-state index contributed by atoms with van der Waals surface area (Å²) in [5.41, 5.74) is -0.595. The molecule has 2 fully saturated rings. The van der Waals surface area contributed by atoms with E-state index in [0.717, 1.165) is 5.56 Å². The van der Waals surface area contributed by atoms with Gasteiger partial charge in [-0.2, -0.15) is 0 Å². The molecule has 0 aliphatic carbocycles. The van der Waals surface area contributed by atoms with Crippen molar-refractivity contribution in [3.63, 3.8) is 0 Å². The highest BCUT2D eigenvalue weighted by atomic mass is 35.5. The molecular formula is C35H40ClN3O6.